The first-order valence-electron chi connectivity index (χ1n) is 2.61. The number of carbonyl (C=O) groups excluding carboxylic acids is 1. The molecule has 0 spiro atoms. The van der Waals surface area contributed by atoms with Crippen molar-refractivity contribution >= 4 is 18.8 Å². The summed E-state index contributed by atoms with van der Waals surface area (Å²) in [5, 5.41) is 0. The monoisotopic (exact) mass is 188 g/mol. The minimum absolute atomic E-state index is 0.125. The van der Waals surface area contributed by atoms with Crippen molar-refractivity contribution in [1.29, 1.82) is 0 Å². The quantitative estimate of drug-likeness (QED) is 0.596. The zero-order valence-corrected chi connectivity index (χ0v) is 6.49. The Morgan fingerprint density at radius 2 is 2.00 bits per heavy atom. The normalized spacial score (nSPS) is 14.3. The van der Waals surface area contributed by atoms with E-state index in [1.807, 2.05) is 0 Å². The van der Waals surface area contributed by atoms with Crippen molar-refractivity contribution in [3.8, 4) is 0 Å². The minimum Gasteiger partial charge on any atom is -0.351 e. The summed E-state index contributed by atoms with van der Waals surface area (Å²) in [7, 11) is 0. The van der Waals surface area contributed by atoms with Crippen molar-refractivity contribution in [2.75, 3.05) is 0 Å². The molecule has 2 N–H and O–H groups in total. The molecule has 0 aromatic carbocycles. The Morgan fingerprint density at radius 1 is 1.64 bits per heavy atom. The fraction of sp³-hybridized carbons (Fsp3) is 0.750. The molecule has 0 saturated carbocycles. The molecule has 11 heavy (non-hydrogen) atoms. The third-order valence-corrected chi connectivity index (χ3v) is 1.61. The Labute approximate surface area is 66.9 Å². The molecule has 0 saturated heterocycles. The summed E-state index contributed by atoms with van der Waals surface area (Å²) >= 11 is 3.25. The molecule has 0 aliphatic rings. The number of carbonyl (C=O) groups is 1. The van der Waals surface area contributed by atoms with Gasteiger partial charge in [-0.05, 0) is 6.92 Å². The highest BCUT2D eigenvalue weighted by Crippen LogP contribution is 2.24. The van der Waals surface area contributed by atoms with Crippen molar-refractivity contribution in [1.82, 2.24) is 4.31 Å². The number of urea groups is 1. The molecular formula is C4H7F3N2OS. The van der Waals surface area contributed by atoms with Crippen LogP contribution in [-0.4, -0.2) is 22.6 Å². The Morgan fingerprint density at radius 3 is 2.09 bits per heavy atom. The van der Waals surface area contributed by atoms with Crippen molar-refractivity contribution in [3.05, 3.63) is 0 Å². The number of alkyl halides is 3. The summed E-state index contributed by atoms with van der Waals surface area (Å²) in [4.78, 5) is 10.2. The highest BCUT2D eigenvalue weighted by Gasteiger charge is 2.40. The smallest absolute Gasteiger partial charge is 0.351 e. The average Bonchev–Trinajstić information content (AvgIpc) is 1.82. The van der Waals surface area contributed by atoms with Gasteiger partial charge in [0.05, 0.1) is 0 Å². The van der Waals surface area contributed by atoms with Crippen LogP contribution in [0.25, 0.3) is 0 Å². The number of nitrogens with zero attached hydrogens (tertiary/aromatic N) is 1. The SMILES string of the molecule is CC(N(S)C(N)=O)C(F)(F)F. The first kappa shape index (κ1) is 10.4. The molecule has 7 heteroatoms. The number of halogens is 3. The lowest BCUT2D eigenvalue weighted by Crippen LogP contribution is -2.43. The van der Waals surface area contributed by atoms with Crippen LogP contribution in [0.2, 0.25) is 0 Å². The maximum absolute atomic E-state index is 11.8. The lowest BCUT2D eigenvalue weighted by molar-refractivity contribution is -0.159. The van der Waals surface area contributed by atoms with Gasteiger partial charge in [-0.2, -0.15) is 13.2 Å². The van der Waals surface area contributed by atoms with Gasteiger partial charge in [-0.3, -0.25) is 4.31 Å². The summed E-state index contributed by atoms with van der Waals surface area (Å²) < 4.78 is 35.4. The zero-order chi connectivity index (χ0) is 9.23. The molecule has 0 fully saturated rings. The van der Waals surface area contributed by atoms with E-state index in [4.69, 9.17) is 0 Å². The minimum atomic E-state index is -4.49. The maximum atomic E-state index is 11.8. The van der Waals surface area contributed by atoms with Crippen LogP contribution >= 0.6 is 12.8 Å². The molecule has 0 rings (SSSR count). The van der Waals surface area contributed by atoms with Gasteiger partial charge in [0.2, 0.25) is 0 Å². The molecule has 2 amide bonds. The van der Waals surface area contributed by atoms with Gasteiger partial charge >= 0.3 is 12.2 Å². The van der Waals surface area contributed by atoms with Gasteiger partial charge in [-0.15, -0.1) is 0 Å². The van der Waals surface area contributed by atoms with E-state index in [1.54, 1.807) is 0 Å². The lowest BCUT2D eigenvalue weighted by atomic mass is 10.3. The average molecular weight is 188 g/mol. The molecule has 1 unspecified atom stereocenters. The van der Waals surface area contributed by atoms with Crippen LogP contribution in [0.4, 0.5) is 18.0 Å². The standard InChI is InChI=1S/C4H7F3N2OS/c1-2(4(5,6)7)9(11)3(8)10/h2,11H,1H3,(H2,8,10). The van der Waals surface area contributed by atoms with E-state index in [0.29, 0.717) is 0 Å². The number of rotatable bonds is 1. The molecule has 66 valence electrons. The molecule has 1 atom stereocenters. The Kier molecular flexibility index (Phi) is 3.03. The van der Waals surface area contributed by atoms with Crippen molar-refractivity contribution in [3.63, 3.8) is 0 Å². The fourth-order valence-corrected chi connectivity index (χ4v) is 0.460. The Balaban J connectivity index is 4.25. The Hall–Kier alpha value is -0.590. The van der Waals surface area contributed by atoms with E-state index in [2.05, 4.69) is 18.5 Å². The van der Waals surface area contributed by atoms with E-state index in [1.165, 1.54) is 0 Å². The second-order valence-corrected chi connectivity index (χ2v) is 2.33. The van der Waals surface area contributed by atoms with Gasteiger partial charge in [-0.1, -0.05) is 12.8 Å². The summed E-state index contributed by atoms with van der Waals surface area (Å²) in [6.07, 6.45) is -4.49. The first-order chi connectivity index (χ1) is 4.76. The van der Waals surface area contributed by atoms with Gasteiger partial charge in [-0.25, -0.2) is 4.79 Å². The summed E-state index contributed by atoms with van der Waals surface area (Å²) in [6.45, 7) is 0.789. The van der Waals surface area contributed by atoms with Crippen LogP contribution in [0.5, 0.6) is 0 Å². The number of hydrogen-bond donors (Lipinski definition) is 2. The fourth-order valence-electron chi connectivity index (χ4n) is 0.330. The van der Waals surface area contributed by atoms with E-state index < -0.39 is 18.2 Å². The lowest BCUT2D eigenvalue weighted by Gasteiger charge is -2.23. The van der Waals surface area contributed by atoms with Gasteiger partial charge in [0.25, 0.3) is 0 Å². The number of hydrogen-bond acceptors (Lipinski definition) is 2. The number of primary amides is 1. The molecule has 0 radical (unpaired) electrons. The summed E-state index contributed by atoms with van der Waals surface area (Å²) in [6, 6.07) is -3.19. The molecule has 0 aliphatic carbocycles. The number of thiol groups is 1. The number of amides is 2. The van der Waals surface area contributed by atoms with Crippen molar-refractivity contribution < 1.29 is 18.0 Å². The van der Waals surface area contributed by atoms with Gasteiger partial charge in [0.15, 0.2) is 0 Å². The Bertz CT molecular complexity index is 160. The predicted molar refractivity (Wildman–Crippen MR) is 35.9 cm³/mol. The highest BCUT2D eigenvalue weighted by molar-refractivity contribution is 7.78. The molecule has 0 bridgehead atoms. The molecular weight excluding hydrogens is 181 g/mol. The second-order valence-electron chi connectivity index (χ2n) is 1.90. The van der Waals surface area contributed by atoms with Crippen molar-refractivity contribution in [2.45, 2.75) is 19.1 Å². The second kappa shape index (κ2) is 3.21. The van der Waals surface area contributed by atoms with E-state index >= 15 is 0 Å². The highest BCUT2D eigenvalue weighted by atomic mass is 32.1. The van der Waals surface area contributed by atoms with Gasteiger partial charge in [0.1, 0.15) is 6.04 Å². The van der Waals surface area contributed by atoms with Crippen LogP contribution in [0, 0.1) is 0 Å². The van der Waals surface area contributed by atoms with Crippen LogP contribution in [-0.2, 0) is 0 Å². The van der Waals surface area contributed by atoms with Gasteiger partial charge < -0.3 is 5.73 Å². The van der Waals surface area contributed by atoms with Crippen molar-refractivity contribution in [2.24, 2.45) is 5.73 Å². The van der Waals surface area contributed by atoms with E-state index in [-0.39, 0.29) is 4.31 Å². The predicted octanol–water partition coefficient (Wildman–Crippen LogP) is 1.16. The largest absolute Gasteiger partial charge is 0.409 e. The van der Waals surface area contributed by atoms with Crippen LogP contribution in [0.15, 0.2) is 0 Å². The maximum Gasteiger partial charge on any atom is 0.409 e. The number of nitrogens with two attached hydrogens (primary N) is 1. The molecule has 0 aliphatic heterocycles. The summed E-state index contributed by atoms with van der Waals surface area (Å²) in [5.74, 6) is 0. The molecule has 0 aromatic rings. The van der Waals surface area contributed by atoms with E-state index in [0.717, 1.165) is 6.92 Å². The zero-order valence-electron chi connectivity index (χ0n) is 5.59. The first-order valence-corrected chi connectivity index (χ1v) is 3.01. The third kappa shape index (κ3) is 2.87. The molecule has 0 aromatic heterocycles. The molecule has 3 nitrogen and oxygen atoms in total. The van der Waals surface area contributed by atoms with Crippen LogP contribution < -0.4 is 5.73 Å². The third-order valence-electron chi connectivity index (χ3n) is 1.07. The topological polar surface area (TPSA) is 46.3 Å². The van der Waals surface area contributed by atoms with Crippen LogP contribution in [0.1, 0.15) is 6.92 Å². The summed E-state index contributed by atoms with van der Waals surface area (Å²) in [5.41, 5.74) is 4.54. The van der Waals surface area contributed by atoms with E-state index in [9.17, 15) is 18.0 Å². The van der Waals surface area contributed by atoms with Crippen LogP contribution in [0.3, 0.4) is 0 Å². The molecule has 0 heterocycles. The van der Waals surface area contributed by atoms with Gasteiger partial charge in [0, 0.05) is 0 Å².